The predicted octanol–water partition coefficient (Wildman–Crippen LogP) is 3.15. The summed E-state index contributed by atoms with van der Waals surface area (Å²) in [5, 5.41) is 6.63. The SMILES string of the molecule is COCCN(CC(=O)N1N=C(c2ccccc2Cl)C[C@@H]1c1ccccc1OC)C(=O)COC. The summed E-state index contributed by atoms with van der Waals surface area (Å²) in [6, 6.07) is 14.5. The Morgan fingerprint density at radius 3 is 2.52 bits per heavy atom. The van der Waals surface area contributed by atoms with Crippen molar-refractivity contribution in [2.24, 2.45) is 5.10 Å². The number of halogens is 1. The number of hydrogen-bond acceptors (Lipinski definition) is 6. The number of methoxy groups -OCH3 is 3. The van der Waals surface area contributed by atoms with Gasteiger partial charge in [0.1, 0.15) is 18.9 Å². The Hall–Kier alpha value is -2.94. The summed E-state index contributed by atoms with van der Waals surface area (Å²) in [5.41, 5.74) is 2.28. The molecule has 0 radical (unpaired) electrons. The highest BCUT2D eigenvalue weighted by atomic mass is 35.5. The Labute approximate surface area is 198 Å². The molecule has 8 nitrogen and oxygen atoms in total. The summed E-state index contributed by atoms with van der Waals surface area (Å²) in [6.45, 7) is 0.281. The summed E-state index contributed by atoms with van der Waals surface area (Å²) >= 11 is 6.41. The Balaban J connectivity index is 1.94. The van der Waals surface area contributed by atoms with Crippen molar-refractivity contribution < 1.29 is 23.8 Å². The zero-order valence-electron chi connectivity index (χ0n) is 19.0. The van der Waals surface area contributed by atoms with Crippen LogP contribution in [0, 0.1) is 0 Å². The maximum absolute atomic E-state index is 13.4. The number of amides is 2. The van der Waals surface area contributed by atoms with E-state index in [4.69, 9.17) is 25.8 Å². The minimum Gasteiger partial charge on any atom is -0.496 e. The molecule has 0 saturated carbocycles. The normalized spacial score (nSPS) is 15.3. The van der Waals surface area contributed by atoms with E-state index in [1.165, 1.54) is 17.0 Å². The second-order valence-corrected chi connectivity index (χ2v) is 7.88. The van der Waals surface area contributed by atoms with Crippen molar-refractivity contribution in [1.82, 2.24) is 9.91 Å². The molecule has 2 aromatic rings. The lowest BCUT2D eigenvalue weighted by atomic mass is 9.97. The van der Waals surface area contributed by atoms with Gasteiger partial charge in [-0.15, -0.1) is 0 Å². The van der Waals surface area contributed by atoms with Gasteiger partial charge in [-0.1, -0.05) is 48.0 Å². The van der Waals surface area contributed by atoms with Gasteiger partial charge in [-0.2, -0.15) is 5.10 Å². The molecule has 9 heteroatoms. The fourth-order valence-corrected chi connectivity index (χ4v) is 3.97. The van der Waals surface area contributed by atoms with Crippen LogP contribution >= 0.6 is 11.6 Å². The lowest BCUT2D eigenvalue weighted by molar-refractivity contribution is -0.144. The molecule has 0 saturated heterocycles. The van der Waals surface area contributed by atoms with Gasteiger partial charge in [-0.3, -0.25) is 9.59 Å². The van der Waals surface area contributed by atoms with E-state index in [2.05, 4.69) is 5.10 Å². The van der Waals surface area contributed by atoms with Gasteiger partial charge in [0, 0.05) is 43.3 Å². The van der Waals surface area contributed by atoms with Crippen LogP contribution in [0.4, 0.5) is 0 Å². The number of hydrogen-bond donors (Lipinski definition) is 0. The minimum atomic E-state index is -0.401. The van der Waals surface area contributed by atoms with Crippen molar-refractivity contribution in [1.29, 1.82) is 0 Å². The van der Waals surface area contributed by atoms with Crippen molar-refractivity contribution in [3.8, 4) is 5.75 Å². The molecule has 0 N–H and O–H groups in total. The van der Waals surface area contributed by atoms with Crippen LogP contribution in [0.5, 0.6) is 5.75 Å². The average Bonchev–Trinajstić information content (AvgIpc) is 3.27. The van der Waals surface area contributed by atoms with Gasteiger partial charge in [-0.25, -0.2) is 5.01 Å². The summed E-state index contributed by atoms with van der Waals surface area (Å²) in [6.07, 6.45) is 0.458. The van der Waals surface area contributed by atoms with E-state index in [-0.39, 0.29) is 31.5 Å². The van der Waals surface area contributed by atoms with Crippen molar-refractivity contribution in [3.63, 3.8) is 0 Å². The highest BCUT2D eigenvalue weighted by Crippen LogP contribution is 2.38. The third kappa shape index (κ3) is 5.90. The fourth-order valence-electron chi connectivity index (χ4n) is 3.73. The van der Waals surface area contributed by atoms with E-state index < -0.39 is 6.04 Å². The Bertz CT molecular complexity index is 1010. The molecule has 0 unspecified atom stereocenters. The van der Waals surface area contributed by atoms with E-state index in [1.807, 2.05) is 42.5 Å². The smallest absolute Gasteiger partial charge is 0.262 e. The van der Waals surface area contributed by atoms with Crippen molar-refractivity contribution in [2.45, 2.75) is 12.5 Å². The van der Waals surface area contributed by atoms with Crippen molar-refractivity contribution in [2.75, 3.05) is 47.6 Å². The molecule has 2 aromatic carbocycles. The van der Waals surface area contributed by atoms with Crippen LogP contribution in [-0.2, 0) is 19.1 Å². The molecule has 1 aliphatic rings. The molecule has 1 aliphatic heterocycles. The fraction of sp³-hybridized carbons (Fsp3) is 0.375. The number of carbonyl (C=O) groups is 2. The minimum absolute atomic E-state index is 0.124. The molecular weight excluding hydrogens is 446 g/mol. The molecule has 0 bridgehead atoms. The van der Waals surface area contributed by atoms with Crippen LogP contribution < -0.4 is 4.74 Å². The number of benzene rings is 2. The van der Waals surface area contributed by atoms with Crippen LogP contribution in [0.2, 0.25) is 5.02 Å². The Morgan fingerprint density at radius 1 is 1.09 bits per heavy atom. The standard InChI is InChI=1S/C24H28ClN3O5/c1-31-13-12-27(24(30)16-32-2)15-23(29)28-21(18-9-5-7-11-22(18)33-3)14-20(26-28)17-8-4-6-10-19(17)25/h4-11,21H,12-16H2,1-3H3/t21-/m1/s1. The largest absolute Gasteiger partial charge is 0.496 e. The lowest BCUT2D eigenvalue weighted by Crippen LogP contribution is -2.44. The van der Waals surface area contributed by atoms with E-state index in [0.717, 1.165) is 11.1 Å². The molecule has 3 rings (SSSR count). The molecule has 176 valence electrons. The van der Waals surface area contributed by atoms with Gasteiger partial charge in [0.25, 0.3) is 5.91 Å². The average molecular weight is 474 g/mol. The van der Waals surface area contributed by atoms with Gasteiger partial charge >= 0.3 is 0 Å². The second-order valence-electron chi connectivity index (χ2n) is 7.47. The lowest BCUT2D eigenvalue weighted by Gasteiger charge is -2.27. The molecule has 0 spiro atoms. The first-order chi connectivity index (χ1) is 16.0. The highest BCUT2D eigenvalue weighted by Gasteiger charge is 2.36. The first-order valence-corrected chi connectivity index (χ1v) is 10.9. The van der Waals surface area contributed by atoms with E-state index >= 15 is 0 Å². The monoisotopic (exact) mass is 473 g/mol. The van der Waals surface area contributed by atoms with Crippen LogP contribution in [-0.4, -0.2) is 75.1 Å². The van der Waals surface area contributed by atoms with Crippen molar-refractivity contribution >= 4 is 29.1 Å². The van der Waals surface area contributed by atoms with Gasteiger partial charge in [0.15, 0.2) is 0 Å². The number of para-hydroxylation sites is 1. The Morgan fingerprint density at radius 2 is 1.82 bits per heavy atom. The molecule has 1 atom stereocenters. The quantitative estimate of drug-likeness (QED) is 0.529. The molecule has 2 amide bonds. The molecule has 0 aromatic heterocycles. The number of nitrogens with zero attached hydrogens (tertiary/aromatic N) is 3. The van der Waals surface area contributed by atoms with Gasteiger partial charge in [-0.05, 0) is 12.1 Å². The second kappa shape index (κ2) is 11.8. The third-order valence-corrected chi connectivity index (χ3v) is 5.69. The summed E-state index contributed by atoms with van der Waals surface area (Å²) < 4.78 is 15.6. The van der Waals surface area contributed by atoms with Crippen LogP contribution in [0.15, 0.2) is 53.6 Å². The number of hydrazone groups is 1. The van der Waals surface area contributed by atoms with E-state index in [1.54, 1.807) is 20.3 Å². The number of carbonyl (C=O) groups excluding carboxylic acids is 2. The first-order valence-electron chi connectivity index (χ1n) is 10.5. The predicted molar refractivity (Wildman–Crippen MR) is 126 cm³/mol. The first kappa shape index (κ1) is 24.7. The third-order valence-electron chi connectivity index (χ3n) is 5.36. The maximum Gasteiger partial charge on any atom is 0.262 e. The van der Waals surface area contributed by atoms with Crippen LogP contribution in [0.3, 0.4) is 0 Å². The number of ether oxygens (including phenoxy) is 3. The summed E-state index contributed by atoms with van der Waals surface area (Å²) in [4.78, 5) is 27.3. The molecule has 1 heterocycles. The van der Waals surface area contributed by atoms with Gasteiger partial charge in [0.2, 0.25) is 5.91 Å². The zero-order valence-corrected chi connectivity index (χ0v) is 19.7. The van der Waals surface area contributed by atoms with Gasteiger partial charge in [0.05, 0.1) is 25.5 Å². The topological polar surface area (TPSA) is 80.7 Å². The van der Waals surface area contributed by atoms with E-state index in [0.29, 0.717) is 29.5 Å². The van der Waals surface area contributed by atoms with Crippen LogP contribution in [0.1, 0.15) is 23.6 Å². The molecule has 0 aliphatic carbocycles. The summed E-state index contributed by atoms with van der Waals surface area (Å²) in [7, 11) is 4.57. The molecular formula is C24H28ClN3O5. The highest BCUT2D eigenvalue weighted by molar-refractivity contribution is 6.34. The number of rotatable bonds is 10. The Kier molecular flexibility index (Phi) is 8.82. The molecule has 33 heavy (non-hydrogen) atoms. The maximum atomic E-state index is 13.4. The van der Waals surface area contributed by atoms with Crippen LogP contribution in [0.25, 0.3) is 0 Å². The molecule has 0 fully saturated rings. The van der Waals surface area contributed by atoms with Gasteiger partial charge < -0.3 is 19.1 Å². The zero-order chi connectivity index (χ0) is 23.8. The summed E-state index contributed by atoms with van der Waals surface area (Å²) in [5.74, 6) is 0.0300. The van der Waals surface area contributed by atoms with Crippen molar-refractivity contribution in [3.05, 3.63) is 64.7 Å². The van der Waals surface area contributed by atoms with E-state index in [9.17, 15) is 9.59 Å².